The van der Waals surface area contributed by atoms with Crippen molar-refractivity contribution in [1.82, 2.24) is 14.7 Å². The van der Waals surface area contributed by atoms with Gasteiger partial charge in [-0.15, -0.1) is 0 Å². The van der Waals surface area contributed by atoms with Crippen molar-refractivity contribution in [1.29, 1.82) is 0 Å². The first-order valence-electron chi connectivity index (χ1n) is 6.98. The third kappa shape index (κ3) is 4.06. The molecule has 1 unspecified atom stereocenters. The number of aromatic nitrogens is 2. The van der Waals surface area contributed by atoms with Crippen LogP contribution in [0.1, 0.15) is 22.8 Å². The van der Waals surface area contributed by atoms with Crippen LogP contribution in [0.4, 0.5) is 0 Å². The topological polar surface area (TPSA) is 50.5 Å². The Kier molecular flexibility index (Phi) is 4.98. The van der Waals surface area contributed by atoms with Gasteiger partial charge in [0.25, 0.3) is 0 Å². The van der Waals surface area contributed by atoms with Gasteiger partial charge in [-0.05, 0) is 26.1 Å². The Morgan fingerprint density at radius 2 is 2.19 bits per heavy atom. The molecule has 0 aliphatic heterocycles. The molecule has 1 N–H and O–H groups in total. The molecule has 5 nitrogen and oxygen atoms in total. The number of hydrogen-bond acceptors (Lipinski definition) is 4. The van der Waals surface area contributed by atoms with Gasteiger partial charge in [-0.1, -0.05) is 11.6 Å². The summed E-state index contributed by atoms with van der Waals surface area (Å²) in [4.78, 5) is 2.07. The molecular weight excluding hydrogens is 266 g/mol. The van der Waals surface area contributed by atoms with Gasteiger partial charge in [-0.25, -0.2) is 0 Å². The van der Waals surface area contributed by atoms with E-state index in [9.17, 15) is 5.11 Å². The van der Waals surface area contributed by atoms with E-state index in [-0.39, 0.29) is 0 Å². The zero-order chi connectivity index (χ0) is 15.4. The van der Waals surface area contributed by atoms with Gasteiger partial charge in [0.15, 0.2) is 0 Å². The maximum absolute atomic E-state index is 10.5. The van der Waals surface area contributed by atoms with Gasteiger partial charge in [0.2, 0.25) is 0 Å². The van der Waals surface area contributed by atoms with Gasteiger partial charge in [-0.2, -0.15) is 5.10 Å². The van der Waals surface area contributed by atoms with Crippen molar-refractivity contribution in [3.05, 3.63) is 47.3 Å². The Balaban J connectivity index is 2.03. The lowest BCUT2D eigenvalue weighted by Crippen LogP contribution is -2.24. The number of nitrogens with zero attached hydrogens (tertiary/aromatic N) is 3. The number of hydrogen-bond donors (Lipinski definition) is 1. The maximum Gasteiger partial charge on any atom is 0.124 e. The van der Waals surface area contributed by atoms with E-state index in [1.165, 1.54) is 0 Å². The fourth-order valence-electron chi connectivity index (χ4n) is 2.44. The van der Waals surface area contributed by atoms with Crippen LogP contribution in [-0.4, -0.2) is 40.5 Å². The van der Waals surface area contributed by atoms with E-state index >= 15 is 0 Å². The number of ether oxygens (including phenoxy) is 1. The van der Waals surface area contributed by atoms with Crippen LogP contribution >= 0.6 is 0 Å². The molecule has 1 heterocycles. The van der Waals surface area contributed by atoms with Crippen LogP contribution in [0.15, 0.2) is 30.6 Å². The minimum absolute atomic E-state index is 0.536. The van der Waals surface area contributed by atoms with Crippen molar-refractivity contribution in [2.24, 2.45) is 7.05 Å². The molecule has 0 aliphatic carbocycles. The van der Waals surface area contributed by atoms with Crippen molar-refractivity contribution in [3.63, 3.8) is 0 Å². The minimum atomic E-state index is -0.582. The Hall–Kier alpha value is -1.85. The molecular formula is C16H23N3O2. The molecule has 114 valence electrons. The molecule has 2 rings (SSSR count). The van der Waals surface area contributed by atoms with E-state index in [1.807, 2.05) is 51.6 Å². The molecule has 1 aromatic heterocycles. The Morgan fingerprint density at radius 1 is 1.43 bits per heavy atom. The third-order valence-corrected chi connectivity index (χ3v) is 3.44. The van der Waals surface area contributed by atoms with E-state index in [2.05, 4.69) is 10.00 Å². The van der Waals surface area contributed by atoms with E-state index in [1.54, 1.807) is 11.8 Å². The van der Waals surface area contributed by atoms with Crippen LogP contribution in [0, 0.1) is 6.92 Å². The summed E-state index contributed by atoms with van der Waals surface area (Å²) in [5.74, 6) is 0.725. The summed E-state index contributed by atoms with van der Waals surface area (Å²) >= 11 is 0. The molecule has 0 bridgehead atoms. The first kappa shape index (κ1) is 15.5. The van der Waals surface area contributed by atoms with Crippen LogP contribution in [0.3, 0.4) is 0 Å². The monoisotopic (exact) mass is 289 g/mol. The predicted octanol–water partition coefficient (Wildman–Crippen LogP) is 1.90. The molecule has 0 aliphatic rings. The van der Waals surface area contributed by atoms with E-state index in [0.29, 0.717) is 6.54 Å². The van der Waals surface area contributed by atoms with Crippen molar-refractivity contribution in [2.45, 2.75) is 19.6 Å². The Bertz CT molecular complexity index is 595. The van der Waals surface area contributed by atoms with Crippen molar-refractivity contribution >= 4 is 0 Å². The highest BCUT2D eigenvalue weighted by Gasteiger charge is 2.16. The highest BCUT2D eigenvalue weighted by Crippen LogP contribution is 2.26. The van der Waals surface area contributed by atoms with Crippen LogP contribution in [0.5, 0.6) is 5.75 Å². The molecule has 0 spiro atoms. The second kappa shape index (κ2) is 6.74. The van der Waals surface area contributed by atoms with E-state index in [0.717, 1.165) is 29.0 Å². The number of methoxy groups -OCH3 is 1. The number of rotatable bonds is 6. The first-order valence-corrected chi connectivity index (χ1v) is 6.98. The zero-order valence-corrected chi connectivity index (χ0v) is 13.1. The van der Waals surface area contributed by atoms with Crippen LogP contribution < -0.4 is 4.74 Å². The summed E-state index contributed by atoms with van der Waals surface area (Å²) < 4.78 is 7.11. The summed E-state index contributed by atoms with van der Waals surface area (Å²) in [6.07, 6.45) is 3.24. The van der Waals surface area contributed by atoms with Gasteiger partial charge < -0.3 is 9.84 Å². The summed E-state index contributed by atoms with van der Waals surface area (Å²) in [6, 6.07) is 5.85. The zero-order valence-electron chi connectivity index (χ0n) is 13.1. The molecule has 0 fully saturated rings. The lowest BCUT2D eigenvalue weighted by molar-refractivity contribution is 0.121. The number of aryl methyl sites for hydroxylation is 2. The third-order valence-electron chi connectivity index (χ3n) is 3.44. The molecule has 0 amide bonds. The lowest BCUT2D eigenvalue weighted by atomic mass is 10.0. The molecule has 0 radical (unpaired) electrons. The normalized spacial score (nSPS) is 12.7. The maximum atomic E-state index is 10.5. The van der Waals surface area contributed by atoms with Crippen molar-refractivity contribution < 1.29 is 9.84 Å². The number of aliphatic hydroxyl groups is 1. The second-order valence-electron chi connectivity index (χ2n) is 5.48. The average molecular weight is 289 g/mol. The van der Waals surface area contributed by atoms with Gasteiger partial charge in [0.05, 0.1) is 19.4 Å². The summed E-state index contributed by atoms with van der Waals surface area (Å²) in [5, 5.41) is 14.6. The lowest BCUT2D eigenvalue weighted by Gasteiger charge is -2.22. The van der Waals surface area contributed by atoms with E-state index in [4.69, 9.17) is 4.74 Å². The van der Waals surface area contributed by atoms with Crippen LogP contribution in [-0.2, 0) is 13.6 Å². The fraction of sp³-hybridized carbons (Fsp3) is 0.438. The first-order chi connectivity index (χ1) is 9.99. The van der Waals surface area contributed by atoms with Crippen molar-refractivity contribution in [2.75, 3.05) is 20.7 Å². The summed E-state index contributed by atoms with van der Waals surface area (Å²) in [5.41, 5.74) is 3.07. The minimum Gasteiger partial charge on any atom is -0.496 e. The van der Waals surface area contributed by atoms with Gasteiger partial charge in [-0.3, -0.25) is 9.58 Å². The smallest absolute Gasteiger partial charge is 0.124 e. The highest BCUT2D eigenvalue weighted by molar-refractivity contribution is 5.38. The quantitative estimate of drug-likeness (QED) is 0.882. The SMILES string of the molecule is COc1ccc(C)cc1C(O)CN(C)Cc1cnn(C)c1. The van der Waals surface area contributed by atoms with Gasteiger partial charge in [0.1, 0.15) is 5.75 Å². The highest BCUT2D eigenvalue weighted by atomic mass is 16.5. The van der Waals surface area contributed by atoms with Gasteiger partial charge >= 0.3 is 0 Å². The molecule has 1 aromatic carbocycles. The molecule has 21 heavy (non-hydrogen) atoms. The molecule has 0 saturated carbocycles. The molecule has 5 heteroatoms. The van der Waals surface area contributed by atoms with Crippen molar-refractivity contribution in [3.8, 4) is 5.75 Å². The van der Waals surface area contributed by atoms with Gasteiger partial charge in [0, 0.05) is 37.5 Å². The Morgan fingerprint density at radius 3 is 2.81 bits per heavy atom. The van der Waals surface area contributed by atoms with Crippen LogP contribution in [0.25, 0.3) is 0 Å². The number of aliphatic hydroxyl groups excluding tert-OH is 1. The molecule has 0 saturated heterocycles. The molecule has 1 atom stereocenters. The Labute approximate surface area is 125 Å². The predicted molar refractivity (Wildman–Crippen MR) is 82.2 cm³/mol. The standard InChI is InChI=1S/C16H23N3O2/c1-12-5-6-16(21-4)14(7-12)15(20)11-18(2)9-13-8-17-19(3)10-13/h5-8,10,15,20H,9,11H2,1-4H3. The fourth-order valence-corrected chi connectivity index (χ4v) is 2.44. The average Bonchev–Trinajstić information content (AvgIpc) is 2.83. The number of benzene rings is 1. The van der Waals surface area contributed by atoms with Crippen LogP contribution in [0.2, 0.25) is 0 Å². The van der Waals surface area contributed by atoms with E-state index < -0.39 is 6.10 Å². The second-order valence-corrected chi connectivity index (χ2v) is 5.48. The molecule has 2 aromatic rings. The largest absolute Gasteiger partial charge is 0.496 e. The summed E-state index contributed by atoms with van der Waals surface area (Å²) in [7, 11) is 5.51. The summed E-state index contributed by atoms with van der Waals surface area (Å²) in [6.45, 7) is 3.29. The number of likely N-dealkylation sites (N-methyl/N-ethyl adjacent to an activating group) is 1.